The minimum atomic E-state index is -0.772. The predicted molar refractivity (Wildman–Crippen MR) is 116 cm³/mol. The molecular weight excluding hydrogens is 392 g/mol. The number of piperidine rings is 1. The Hall–Kier alpha value is -3.48. The molecule has 7 nitrogen and oxygen atoms in total. The number of hydrogen-bond acceptors (Lipinski definition) is 5. The average Bonchev–Trinajstić information content (AvgIpc) is 3.28. The van der Waals surface area contributed by atoms with Gasteiger partial charge in [0.15, 0.2) is 0 Å². The normalized spacial score (nSPS) is 18.5. The maximum Gasteiger partial charge on any atom is 0.272 e. The molecule has 4 rings (SSSR count). The average molecular weight is 418 g/mol. The largest absolute Gasteiger partial charge is 0.361 e. The third-order valence-corrected chi connectivity index (χ3v) is 5.71. The number of carbonyl (C=O) groups excluding carboxylic acids is 2. The van der Waals surface area contributed by atoms with Crippen LogP contribution in [0.25, 0.3) is 11.3 Å². The van der Waals surface area contributed by atoms with Gasteiger partial charge < -0.3 is 14.7 Å². The summed E-state index contributed by atoms with van der Waals surface area (Å²) in [6.45, 7) is 3.34. The minimum absolute atomic E-state index is 0.0637. The van der Waals surface area contributed by atoms with Crippen molar-refractivity contribution in [3.05, 3.63) is 72.2 Å². The van der Waals surface area contributed by atoms with E-state index in [0.29, 0.717) is 43.9 Å². The fourth-order valence-electron chi connectivity index (χ4n) is 4.19. The Labute approximate surface area is 181 Å². The summed E-state index contributed by atoms with van der Waals surface area (Å²) >= 11 is 0. The first-order valence-corrected chi connectivity index (χ1v) is 10.6. The lowest BCUT2D eigenvalue weighted by Crippen LogP contribution is -2.54. The summed E-state index contributed by atoms with van der Waals surface area (Å²) in [6.07, 6.45) is 3.39. The highest BCUT2D eigenvalue weighted by atomic mass is 16.5. The number of pyridine rings is 1. The number of benzene rings is 1. The van der Waals surface area contributed by atoms with Crippen LogP contribution in [0.2, 0.25) is 0 Å². The molecule has 1 atom stereocenters. The predicted octanol–water partition coefficient (Wildman–Crippen LogP) is 3.34. The van der Waals surface area contributed by atoms with Gasteiger partial charge in [0, 0.05) is 43.9 Å². The molecule has 3 aromatic rings. The van der Waals surface area contributed by atoms with Gasteiger partial charge in [-0.1, -0.05) is 41.6 Å². The van der Waals surface area contributed by atoms with Gasteiger partial charge in [-0.25, -0.2) is 0 Å². The van der Waals surface area contributed by atoms with Gasteiger partial charge in [0.2, 0.25) is 5.91 Å². The van der Waals surface area contributed by atoms with E-state index in [2.05, 4.69) is 15.5 Å². The van der Waals surface area contributed by atoms with Gasteiger partial charge in [-0.3, -0.25) is 14.6 Å². The first kappa shape index (κ1) is 20.8. The number of rotatable bonds is 6. The van der Waals surface area contributed by atoms with Crippen LogP contribution in [0.1, 0.15) is 36.0 Å². The SMILES string of the molecule is CCNC(=O)[C@@]1(Cc2cc(-c3ccccc3)no2)CCCN(C(=O)c2ccccn2)C1. The molecule has 0 spiro atoms. The molecule has 2 amide bonds. The fraction of sp³-hybridized carbons (Fsp3) is 0.333. The number of nitrogens with one attached hydrogen (secondary N) is 1. The van der Waals surface area contributed by atoms with E-state index >= 15 is 0 Å². The second-order valence-electron chi connectivity index (χ2n) is 7.91. The van der Waals surface area contributed by atoms with Gasteiger partial charge in [0.1, 0.15) is 17.1 Å². The van der Waals surface area contributed by atoms with Crippen molar-refractivity contribution in [1.29, 1.82) is 0 Å². The molecule has 2 aromatic heterocycles. The molecule has 0 saturated carbocycles. The van der Waals surface area contributed by atoms with Crippen molar-refractivity contribution in [3.63, 3.8) is 0 Å². The zero-order valence-electron chi connectivity index (χ0n) is 17.6. The Morgan fingerprint density at radius 1 is 1.16 bits per heavy atom. The van der Waals surface area contributed by atoms with E-state index in [1.165, 1.54) is 0 Å². The summed E-state index contributed by atoms with van der Waals surface area (Å²) in [5, 5.41) is 7.15. The lowest BCUT2D eigenvalue weighted by Gasteiger charge is -2.41. The third-order valence-electron chi connectivity index (χ3n) is 5.71. The van der Waals surface area contributed by atoms with E-state index in [-0.39, 0.29) is 11.8 Å². The summed E-state index contributed by atoms with van der Waals surface area (Å²) < 4.78 is 5.61. The topological polar surface area (TPSA) is 88.3 Å². The van der Waals surface area contributed by atoms with Gasteiger partial charge in [0.25, 0.3) is 5.91 Å². The van der Waals surface area contributed by atoms with Crippen LogP contribution < -0.4 is 5.32 Å². The Morgan fingerprint density at radius 2 is 1.97 bits per heavy atom. The lowest BCUT2D eigenvalue weighted by atomic mass is 9.75. The van der Waals surface area contributed by atoms with Crippen molar-refractivity contribution >= 4 is 11.8 Å². The highest BCUT2D eigenvalue weighted by Crippen LogP contribution is 2.35. The molecule has 1 aliphatic rings. The van der Waals surface area contributed by atoms with Crippen LogP contribution in [0.15, 0.2) is 65.3 Å². The van der Waals surface area contributed by atoms with E-state index in [1.807, 2.05) is 43.3 Å². The zero-order chi connectivity index (χ0) is 21.7. The van der Waals surface area contributed by atoms with Crippen molar-refractivity contribution in [2.75, 3.05) is 19.6 Å². The third kappa shape index (κ3) is 4.50. The summed E-state index contributed by atoms with van der Waals surface area (Å²) in [4.78, 5) is 32.1. The Balaban J connectivity index is 1.59. The summed E-state index contributed by atoms with van der Waals surface area (Å²) in [5.41, 5.74) is 1.31. The molecule has 1 saturated heterocycles. The first-order chi connectivity index (χ1) is 15.1. The number of hydrogen-bond donors (Lipinski definition) is 1. The fourth-order valence-corrected chi connectivity index (χ4v) is 4.19. The highest BCUT2D eigenvalue weighted by Gasteiger charge is 2.44. The zero-order valence-corrected chi connectivity index (χ0v) is 17.6. The van der Waals surface area contributed by atoms with Gasteiger partial charge in [0.05, 0.1) is 5.41 Å². The Kier molecular flexibility index (Phi) is 6.11. The second kappa shape index (κ2) is 9.12. The molecule has 1 fully saturated rings. The van der Waals surface area contributed by atoms with E-state index in [4.69, 9.17) is 4.52 Å². The van der Waals surface area contributed by atoms with Crippen LogP contribution in [0.5, 0.6) is 0 Å². The second-order valence-corrected chi connectivity index (χ2v) is 7.91. The molecule has 1 aromatic carbocycles. The highest BCUT2D eigenvalue weighted by molar-refractivity contribution is 5.93. The van der Waals surface area contributed by atoms with E-state index < -0.39 is 5.41 Å². The number of nitrogens with zero attached hydrogens (tertiary/aromatic N) is 3. The molecular formula is C24H26N4O3. The van der Waals surface area contributed by atoms with Crippen molar-refractivity contribution in [1.82, 2.24) is 20.4 Å². The number of amides is 2. The van der Waals surface area contributed by atoms with Crippen LogP contribution in [-0.4, -0.2) is 46.5 Å². The van der Waals surface area contributed by atoms with Gasteiger partial charge in [-0.15, -0.1) is 0 Å². The van der Waals surface area contributed by atoms with Crippen molar-refractivity contribution < 1.29 is 14.1 Å². The molecule has 0 bridgehead atoms. The monoisotopic (exact) mass is 418 g/mol. The number of likely N-dealkylation sites (tertiary alicyclic amines) is 1. The molecule has 1 aliphatic heterocycles. The van der Waals surface area contributed by atoms with Crippen molar-refractivity contribution in [2.24, 2.45) is 5.41 Å². The van der Waals surface area contributed by atoms with Crippen LogP contribution in [0, 0.1) is 5.41 Å². The molecule has 1 N–H and O–H groups in total. The smallest absolute Gasteiger partial charge is 0.272 e. The first-order valence-electron chi connectivity index (χ1n) is 10.6. The van der Waals surface area contributed by atoms with E-state index in [9.17, 15) is 9.59 Å². The number of aromatic nitrogens is 2. The van der Waals surface area contributed by atoms with Crippen LogP contribution >= 0.6 is 0 Å². The standard InChI is InChI=1S/C24H26N4O3/c1-2-25-23(30)24(16-19-15-21(27-31-19)18-9-4-3-5-10-18)12-8-14-28(17-24)22(29)20-11-6-7-13-26-20/h3-7,9-11,13,15H,2,8,12,14,16-17H2,1H3,(H,25,30)/t24-/m1/s1. The molecule has 3 heterocycles. The Morgan fingerprint density at radius 3 is 2.71 bits per heavy atom. The van der Waals surface area contributed by atoms with Gasteiger partial charge in [-0.05, 0) is 31.9 Å². The van der Waals surface area contributed by atoms with Crippen molar-refractivity contribution in [2.45, 2.75) is 26.2 Å². The summed E-state index contributed by atoms with van der Waals surface area (Å²) in [5.74, 6) is 0.417. The van der Waals surface area contributed by atoms with Crippen LogP contribution in [0.4, 0.5) is 0 Å². The van der Waals surface area contributed by atoms with Crippen LogP contribution in [-0.2, 0) is 11.2 Å². The van der Waals surface area contributed by atoms with E-state index in [0.717, 1.165) is 17.7 Å². The van der Waals surface area contributed by atoms with Crippen molar-refractivity contribution in [3.8, 4) is 11.3 Å². The molecule has 0 aliphatic carbocycles. The maximum absolute atomic E-state index is 13.2. The van der Waals surface area contributed by atoms with Gasteiger partial charge >= 0.3 is 0 Å². The molecule has 0 unspecified atom stereocenters. The summed E-state index contributed by atoms with van der Waals surface area (Å²) in [7, 11) is 0. The quantitative estimate of drug-likeness (QED) is 0.663. The molecule has 31 heavy (non-hydrogen) atoms. The number of carbonyl (C=O) groups is 2. The lowest BCUT2D eigenvalue weighted by molar-refractivity contribution is -0.134. The van der Waals surface area contributed by atoms with E-state index in [1.54, 1.807) is 29.3 Å². The maximum atomic E-state index is 13.2. The minimum Gasteiger partial charge on any atom is -0.361 e. The van der Waals surface area contributed by atoms with Crippen LogP contribution in [0.3, 0.4) is 0 Å². The molecule has 7 heteroatoms. The summed E-state index contributed by atoms with van der Waals surface area (Å²) in [6, 6.07) is 16.9. The molecule has 160 valence electrons. The van der Waals surface area contributed by atoms with Gasteiger partial charge in [-0.2, -0.15) is 0 Å². The molecule has 0 radical (unpaired) electrons. The Bertz CT molecular complexity index is 1040.